The first-order chi connectivity index (χ1) is 18.5. The maximum atomic E-state index is 13.3. The van der Waals surface area contributed by atoms with E-state index in [0.717, 1.165) is 46.4 Å². The second-order valence-electron chi connectivity index (χ2n) is 9.85. The molecule has 2 atom stereocenters. The number of halogens is 2. The molecule has 0 aromatic carbocycles. The van der Waals surface area contributed by atoms with Gasteiger partial charge in [-0.05, 0) is 79.7 Å². The summed E-state index contributed by atoms with van der Waals surface area (Å²) in [5.41, 5.74) is 5.89. The summed E-state index contributed by atoms with van der Waals surface area (Å²) in [5.74, 6) is -4.71. The molecular formula is C31H38F2N4O2. The fraction of sp³-hybridized carbons (Fsp3) is 0.387. The molecule has 2 aromatic heterocycles. The number of nitrogens with one attached hydrogen (secondary N) is 1. The summed E-state index contributed by atoms with van der Waals surface area (Å²) >= 11 is 0. The summed E-state index contributed by atoms with van der Waals surface area (Å²) in [5, 5.41) is 17.3. The Morgan fingerprint density at radius 2 is 2.08 bits per heavy atom. The van der Waals surface area contributed by atoms with E-state index in [-0.39, 0.29) is 5.82 Å². The van der Waals surface area contributed by atoms with Crippen LogP contribution in [0.2, 0.25) is 0 Å². The molecule has 1 amide bonds. The number of aryl methyl sites for hydroxylation is 1. The number of rotatable bonds is 12. The second-order valence-corrected chi connectivity index (χ2v) is 9.85. The Morgan fingerprint density at radius 3 is 2.62 bits per heavy atom. The number of alkyl halides is 2. The van der Waals surface area contributed by atoms with Gasteiger partial charge in [-0.3, -0.25) is 4.79 Å². The lowest BCUT2D eigenvalue weighted by molar-refractivity contribution is -0.119. The molecule has 1 saturated carbocycles. The fourth-order valence-electron chi connectivity index (χ4n) is 4.27. The van der Waals surface area contributed by atoms with Gasteiger partial charge in [0.05, 0.1) is 11.8 Å². The van der Waals surface area contributed by atoms with E-state index < -0.39 is 30.3 Å². The molecule has 0 radical (unpaired) electrons. The average molecular weight is 537 g/mol. The number of hydrogen-bond acceptors (Lipinski definition) is 4. The number of aliphatic hydroxyl groups excluding tert-OH is 1. The average Bonchev–Trinajstić information content (AvgIpc) is 3.26. The normalized spacial score (nSPS) is 18.6. The monoisotopic (exact) mass is 536 g/mol. The van der Waals surface area contributed by atoms with Crippen LogP contribution in [-0.4, -0.2) is 37.8 Å². The van der Waals surface area contributed by atoms with Gasteiger partial charge >= 0.3 is 0 Å². The van der Waals surface area contributed by atoms with Crippen molar-refractivity contribution in [2.45, 2.75) is 72.3 Å². The number of aromatic nitrogens is 3. The molecule has 2 aromatic rings. The third-order valence-electron chi connectivity index (χ3n) is 6.72. The predicted octanol–water partition coefficient (Wildman–Crippen LogP) is 7.12. The lowest BCUT2D eigenvalue weighted by Gasteiger charge is -2.19. The molecule has 0 saturated heterocycles. The molecule has 0 aliphatic heterocycles. The number of carbonyl (C=O) groups is 1. The van der Waals surface area contributed by atoms with Crippen molar-refractivity contribution in [3.63, 3.8) is 0 Å². The maximum Gasteiger partial charge on any atom is 0.260 e. The Balaban J connectivity index is 2.08. The van der Waals surface area contributed by atoms with E-state index >= 15 is 0 Å². The minimum atomic E-state index is -2.93. The van der Waals surface area contributed by atoms with Crippen molar-refractivity contribution in [2.24, 2.45) is 5.92 Å². The summed E-state index contributed by atoms with van der Waals surface area (Å²) in [6, 6.07) is 3.55. The molecule has 2 N–H and O–H groups in total. The van der Waals surface area contributed by atoms with Gasteiger partial charge in [0, 0.05) is 30.6 Å². The number of unbranched alkanes of at least 4 members (excludes halogenated alkanes) is 1. The highest BCUT2D eigenvalue weighted by atomic mass is 19.3. The number of anilines is 1. The summed E-state index contributed by atoms with van der Waals surface area (Å²) in [4.78, 5) is 16.5. The molecule has 0 bridgehead atoms. The maximum absolute atomic E-state index is 13.3. The van der Waals surface area contributed by atoms with Crippen molar-refractivity contribution < 1.29 is 18.7 Å². The molecule has 1 aliphatic rings. The minimum Gasteiger partial charge on any atom is -0.388 e. The summed E-state index contributed by atoms with van der Waals surface area (Å²) in [6.07, 6.45) is 14.6. The van der Waals surface area contributed by atoms with Gasteiger partial charge in [0.1, 0.15) is 11.7 Å². The molecular weight excluding hydrogens is 498 g/mol. The van der Waals surface area contributed by atoms with Crippen LogP contribution < -0.4 is 5.32 Å². The van der Waals surface area contributed by atoms with Crippen LogP contribution in [0.15, 0.2) is 77.8 Å². The van der Waals surface area contributed by atoms with Crippen LogP contribution in [0.25, 0.3) is 11.8 Å². The minimum absolute atomic E-state index is 0.236. The zero-order valence-corrected chi connectivity index (χ0v) is 23.3. The van der Waals surface area contributed by atoms with Crippen LogP contribution in [0, 0.1) is 12.8 Å². The Labute approximate surface area is 229 Å². The summed E-state index contributed by atoms with van der Waals surface area (Å²) < 4.78 is 28.4. The smallest absolute Gasteiger partial charge is 0.260 e. The van der Waals surface area contributed by atoms with Gasteiger partial charge < -0.3 is 10.4 Å². The highest BCUT2D eigenvalue weighted by molar-refractivity contribution is 5.94. The molecule has 39 heavy (non-hydrogen) atoms. The number of aliphatic hydroxyl groups is 1. The zero-order chi connectivity index (χ0) is 28.7. The van der Waals surface area contributed by atoms with E-state index in [2.05, 4.69) is 35.0 Å². The number of amides is 1. The van der Waals surface area contributed by atoms with Crippen molar-refractivity contribution in [3.8, 4) is 0 Å². The number of allylic oxidation sites excluding steroid dienone is 6. The zero-order valence-electron chi connectivity index (χ0n) is 23.3. The van der Waals surface area contributed by atoms with Gasteiger partial charge in [-0.2, -0.15) is 5.10 Å². The topological polar surface area (TPSA) is 80.0 Å². The van der Waals surface area contributed by atoms with Crippen molar-refractivity contribution in [1.29, 1.82) is 0 Å². The van der Waals surface area contributed by atoms with Crippen LogP contribution in [0.4, 0.5) is 14.6 Å². The Kier molecular flexibility index (Phi) is 9.92. The first kappa shape index (κ1) is 29.9. The van der Waals surface area contributed by atoms with Gasteiger partial charge in [-0.25, -0.2) is 18.4 Å². The molecule has 1 fully saturated rings. The molecule has 6 nitrogen and oxygen atoms in total. The summed E-state index contributed by atoms with van der Waals surface area (Å²) in [6.45, 7) is 13.9. The summed E-state index contributed by atoms with van der Waals surface area (Å²) in [7, 11) is 0. The van der Waals surface area contributed by atoms with Gasteiger partial charge in [-0.15, -0.1) is 0 Å². The molecule has 8 heteroatoms. The standard InChI is InChI=1S/C31H38F2N4O2/c1-7-10-12-27(37-14-11-13-35-37)25(24(8-2)21(5)15-22(6)28(38)9-3)17-23-19-34-29(16-20(23)4)36-30(39)26-18-31(26,32)33/h8,11-17,19,26,28,38H,6-7,9-10,18H2,1-5H3,(H,34,36,39)/b21-15-,24-8+,25-17-,27-12-. The van der Waals surface area contributed by atoms with E-state index in [1.165, 1.54) is 0 Å². The first-order valence-corrected chi connectivity index (χ1v) is 13.3. The van der Waals surface area contributed by atoms with Crippen molar-refractivity contribution in [1.82, 2.24) is 14.8 Å². The second kappa shape index (κ2) is 12.9. The van der Waals surface area contributed by atoms with E-state index in [9.17, 15) is 18.7 Å². The number of pyridine rings is 1. The number of hydrogen-bond donors (Lipinski definition) is 2. The Hall–Kier alpha value is -3.65. The molecule has 2 heterocycles. The van der Waals surface area contributed by atoms with E-state index in [0.29, 0.717) is 12.0 Å². The first-order valence-electron chi connectivity index (χ1n) is 13.3. The van der Waals surface area contributed by atoms with Crippen molar-refractivity contribution in [2.75, 3.05) is 5.32 Å². The van der Waals surface area contributed by atoms with Crippen LogP contribution in [0.5, 0.6) is 0 Å². The molecule has 0 spiro atoms. The molecule has 1 aliphatic carbocycles. The number of carbonyl (C=O) groups excluding carboxylic acids is 1. The SMILES string of the molecule is C=C(\C=C(C)/C(=C\C)C(=C/c1cnc(NC(=O)C2CC2(F)F)cc1C)/C(=C/CCC)n1cccn1)C(O)CC. The highest BCUT2D eigenvalue weighted by Gasteiger charge is 2.61. The van der Waals surface area contributed by atoms with Crippen LogP contribution in [0.1, 0.15) is 64.5 Å². The Morgan fingerprint density at radius 1 is 1.36 bits per heavy atom. The molecule has 208 valence electrons. The largest absolute Gasteiger partial charge is 0.388 e. The molecule has 3 rings (SSSR count). The van der Waals surface area contributed by atoms with Gasteiger partial charge in [0.15, 0.2) is 0 Å². The third kappa shape index (κ3) is 7.47. The Bertz CT molecular complexity index is 1320. The predicted molar refractivity (Wildman–Crippen MR) is 153 cm³/mol. The molecule has 2 unspecified atom stereocenters. The van der Waals surface area contributed by atoms with Crippen molar-refractivity contribution in [3.05, 3.63) is 88.9 Å². The van der Waals surface area contributed by atoms with E-state index in [1.807, 2.05) is 62.9 Å². The van der Waals surface area contributed by atoms with Gasteiger partial charge in [0.2, 0.25) is 5.91 Å². The van der Waals surface area contributed by atoms with E-state index in [4.69, 9.17) is 0 Å². The third-order valence-corrected chi connectivity index (χ3v) is 6.72. The fourth-order valence-corrected chi connectivity index (χ4v) is 4.27. The van der Waals surface area contributed by atoms with Crippen LogP contribution in [-0.2, 0) is 4.79 Å². The van der Waals surface area contributed by atoms with Gasteiger partial charge in [0.25, 0.3) is 5.92 Å². The lowest BCUT2D eigenvalue weighted by Crippen LogP contribution is -2.18. The van der Waals surface area contributed by atoms with Gasteiger partial charge in [-0.1, -0.05) is 45.1 Å². The highest BCUT2D eigenvalue weighted by Crippen LogP contribution is 2.49. The van der Waals surface area contributed by atoms with E-state index in [1.54, 1.807) is 18.5 Å². The quantitative estimate of drug-likeness (QED) is 0.283. The van der Waals surface area contributed by atoms with Crippen molar-refractivity contribution >= 4 is 23.5 Å². The van der Waals surface area contributed by atoms with Crippen LogP contribution in [0.3, 0.4) is 0 Å². The number of nitrogens with zero attached hydrogens (tertiary/aromatic N) is 3. The van der Waals surface area contributed by atoms with Crippen LogP contribution >= 0.6 is 0 Å². The lowest BCUT2D eigenvalue weighted by atomic mass is 9.91.